The molecule has 2 unspecified atom stereocenters. The molecule has 0 saturated carbocycles. The van der Waals surface area contributed by atoms with Gasteiger partial charge in [-0.1, -0.05) is 436 Å². The van der Waals surface area contributed by atoms with Gasteiger partial charge in [-0.05, 0) is 64.2 Å². The topological polar surface area (TPSA) is 111 Å². The SMILES string of the molecule is CCCCCCCCCC/C=C\CCCCCCCCCCCCCCCCCCCCCCCCCCCCCC(=O)OC(COC(=O)CCCCCCCCCCCCCCCCCCCCCCCCCCC/C=C\CCCCCCCCCC)COC(OCC[N+](C)(C)C)C(=O)[O-]. The minimum absolute atomic E-state index is 0.153. The molecule has 0 saturated heterocycles. The third kappa shape index (κ3) is 84.9. The molecular weight excluding hydrogens is 1250 g/mol. The maximum absolute atomic E-state index is 13.0. The van der Waals surface area contributed by atoms with E-state index in [0.717, 1.165) is 38.5 Å². The van der Waals surface area contributed by atoms with Gasteiger partial charge in [0.15, 0.2) is 12.4 Å². The van der Waals surface area contributed by atoms with E-state index in [-0.39, 0.29) is 32.2 Å². The van der Waals surface area contributed by atoms with Crippen LogP contribution in [0.3, 0.4) is 0 Å². The van der Waals surface area contributed by atoms with Crippen molar-refractivity contribution in [2.24, 2.45) is 0 Å². The fourth-order valence-electron chi connectivity index (χ4n) is 14.2. The predicted octanol–water partition coefficient (Wildman–Crippen LogP) is 28.3. The summed E-state index contributed by atoms with van der Waals surface area (Å²) in [7, 11) is 5.96. The number of carbonyl (C=O) groups excluding carboxylic acids is 3. The number of carbonyl (C=O) groups is 3. The Morgan fingerprint density at radius 1 is 0.287 bits per heavy atom. The number of hydrogen-bond donors (Lipinski definition) is 0. The monoisotopic (exact) mass is 1420 g/mol. The predicted molar refractivity (Wildman–Crippen MR) is 436 cm³/mol. The van der Waals surface area contributed by atoms with E-state index in [2.05, 4.69) is 38.2 Å². The summed E-state index contributed by atoms with van der Waals surface area (Å²) >= 11 is 0. The third-order valence-corrected chi connectivity index (χ3v) is 21.2. The van der Waals surface area contributed by atoms with Crippen LogP contribution in [0.25, 0.3) is 0 Å². The van der Waals surface area contributed by atoms with Crippen molar-refractivity contribution in [1.82, 2.24) is 0 Å². The van der Waals surface area contributed by atoms with Crippen LogP contribution in [0.5, 0.6) is 0 Å². The number of quaternary nitrogens is 1. The first-order chi connectivity index (χ1) is 49.6. The molecule has 0 N–H and O–H groups in total. The molecule has 0 aliphatic carbocycles. The molecular formula is C92H177NO8. The lowest BCUT2D eigenvalue weighted by atomic mass is 10.0. The van der Waals surface area contributed by atoms with E-state index >= 15 is 0 Å². The number of hydrogen-bond acceptors (Lipinski definition) is 8. The number of aliphatic carboxylic acids is 1. The maximum atomic E-state index is 13.0. The van der Waals surface area contributed by atoms with Crippen LogP contribution in [0, 0.1) is 0 Å². The van der Waals surface area contributed by atoms with Gasteiger partial charge in [-0.3, -0.25) is 9.59 Å². The summed E-state index contributed by atoms with van der Waals surface area (Å²) < 4.78 is 22.9. The number of rotatable bonds is 87. The molecule has 0 spiro atoms. The number of esters is 2. The second-order valence-corrected chi connectivity index (χ2v) is 32.6. The van der Waals surface area contributed by atoms with E-state index in [4.69, 9.17) is 18.9 Å². The van der Waals surface area contributed by atoms with E-state index in [0.29, 0.717) is 17.4 Å². The van der Waals surface area contributed by atoms with Crippen molar-refractivity contribution in [3.05, 3.63) is 24.3 Å². The molecule has 0 radical (unpaired) electrons. The second-order valence-electron chi connectivity index (χ2n) is 32.6. The number of carboxylic acid groups (broad SMARTS) is 1. The van der Waals surface area contributed by atoms with Crippen LogP contribution in [0.4, 0.5) is 0 Å². The molecule has 0 heterocycles. The van der Waals surface area contributed by atoms with Crippen molar-refractivity contribution in [3.8, 4) is 0 Å². The van der Waals surface area contributed by atoms with Crippen molar-refractivity contribution in [3.63, 3.8) is 0 Å². The Morgan fingerprint density at radius 2 is 0.505 bits per heavy atom. The largest absolute Gasteiger partial charge is 0.545 e. The zero-order valence-electron chi connectivity index (χ0n) is 68.8. The first-order valence-corrected chi connectivity index (χ1v) is 45.5. The summed E-state index contributed by atoms with van der Waals surface area (Å²) in [5.41, 5.74) is 0. The highest BCUT2D eigenvalue weighted by Crippen LogP contribution is 2.21. The van der Waals surface area contributed by atoms with Crippen LogP contribution >= 0.6 is 0 Å². The molecule has 0 aliphatic heterocycles. The van der Waals surface area contributed by atoms with E-state index < -0.39 is 24.3 Å². The maximum Gasteiger partial charge on any atom is 0.306 e. The molecule has 0 fully saturated rings. The fourth-order valence-corrected chi connectivity index (χ4v) is 14.2. The number of allylic oxidation sites excluding steroid dienone is 4. The summed E-state index contributed by atoms with van der Waals surface area (Å²) in [6.45, 7) is 4.85. The second kappa shape index (κ2) is 83.4. The summed E-state index contributed by atoms with van der Waals surface area (Å²) in [4.78, 5) is 37.7. The molecule has 101 heavy (non-hydrogen) atoms. The lowest BCUT2D eigenvalue weighted by Crippen LogP contribution is -2.44. The summed E-state index contributed by atoms with van der Waals surface area (Å²) in [6, 6.07) is 0. The molecule has 9 nitrogen and oxygen atoms in total. The number of nitrogens with zero attached hydrogens (tertiary/aromatic N) is 1. The van der Waals surface area contributed by atoms with Gasteiger partial charge in [0.2, 0.25) is 0 Å². The Bertz CT molecular complexity index is 1710. The minimum atomic E-state index is -1.62. The average molecular weight is 1430 g/mol. The Hall–Kier alpha value is -2.23. The number of unbranched alkanes of at least 4 members (excludes halogenated alkanes) is 68. The van der Waals surface area contributed by atoms with Crippen LogP contribution < -0.4 is 5.11 Å². The molecule has 0 rings (SSSR count). The van der Waals surface area contributed by atoms with E-state index in [1.165, 1.54) is 424 Å². The van der Waals surface area contributed by atoms with Gasteiger partial charge < -0.3 is 33.3 Å². The molecule has 0 aromatic carbocycles. The summed E-state index contributed by atoms with van der Waals surface area (Å²) in [5.74, 6) is -2.24. The molecule has 0 amide bonds. The number of carboxylic acids is 1. The highest BCUT2D eigenvalue weighted by atomic mass is 16.7. The standard InChI is InChI=1S/C92H177NO8/c1-6-8-10-12-14-16-18-20-22-24-26-28-30-32-34-36-38-40-42-44-45-47-49-51-53-55-57-59-61-63-65-67-69-71-73-75-77-79-81-83-90(95)101-88(87-100-92(91(96)97)98-85-84-93(3,4)5)86-99-89(94)82-80-78-76-74-72-70-68-66-64-62-60-58-56-54-52-50-48-46-43-41-39-37-35-33-31-29-27-25-23-21-19-17-15-13-11-9-7-2/h24-27,88,92H,6-23,28-87H2,1-5H3/b26-24-,27-25-. The van der Waals surface area contributed by atoms with Crippen molar-refractivity contribution in [2.45, 2.75) is 501 Å². The van der Waals surface area contributed by atoms with E-state index in [1.807, 2.05) is 21.1 Å². The van der Waals surface area contributed by atoms with Crippen molar-refractivity contribution >= 4 is 17.9 Å². The van der Waals surface area contributed by atoms with E-state index in [1.54, 1.807) is 0 Å². The molecule has 0 aromatic rings. The van der Waals surface area contributed by atoms with Crippen LogP contribution in [0.2, 0.25) is 0 Å². The highest BCUT2D eigenvalue weighted by molar-refractivity contribution is 5.70. The van der Waals surface area contributed by atoms with Crippen LogP contribution in [-0.2, 0) is 33.3 Å². The molecule has 0 bridgehead atoms. The van der Waals surface area contributed by atoms with Gasteiger partial charge in [-0.15, -0.1) is 0 Å². The number of likely N-dealkylation sites (N-methyl/N-ethyl adjacent to an activating group) is 1. The van der Waals surface area contributed by atoms with Gasteiger partial charge in [0.1, 0.15) is 13.2 Å². The van der Waals surface area contributed by atoms with Crippen molar-refractivity contribution in [1.29, 1.82) is 0 Å². The smallest absolute Gasteiger partial charge is 0.306 e. The lowest BCUT2D eigenvalue weighted by Gasteiger charge is -2.26. The fraction of sp³-hybridized carbons (Fsp3) is 0.924. The Labute approximate surface area is 630 Å². The summed E-state index contributed by atoms with van der Waals surface area (Å²) in [6.07, 6.45) is 105. The van der Waals surface area contributed by atoms with Gasteiger partial charge >= 0.3 is 11.9 Å². The molecule has 0 aromatic heterocycles. The third-order valence-electron chi connectivity index (χ3n) is 21.2. The van der Waals surface area contributed by atoms with Crippen molar-refractivity contribution < 1.29 is 42.9 Å². The summed E-state index contributed by atoms with van der Waals surface area (Å²) in [5, 5.41) is 11.9. The Kier molecular flexibility index (Phi) is 81.6. The number of ether oxygens (including phenoxy) is 4. The van der Waals surface area contributed by atoms with Gasteiger partial charge in [-0.25, -0.2) is 0 Å². The zero-order chi connectivity index (χ0) is 73.2. The highest BCUT2D eigenvalue weighted by Gasteiger charge is 2.22. The van der Waals surface area contributed by atoms with Crippen LogP contribution in [-0.4, -0.2) is 82.3 Å². The lowest BCUT2D eigenvalue weighted by molar-refractivity contribution is -0.870. The van der Waals surface area contributed by atoms with Gasteiger partial charge in [0, 0.05) is 12.8 Å². The van der Waals surface area contributed by atoms with Gasteiger partial charge in [-0.2, -0.15) is 0 Å². The van der Waals surface area contributed by atoms with Crippen molar-refractivity contribution in [2.75, 3.05) is 47.5 Å². The first-order valence-electron chi connectivity index (χ1n) is 45.5. The van der Waals surface area contributed by atoms with Crippen LogP contribution in [0.1, 0.15) is 489 Å². The Morgan fingerprint density at radius 3 is 0.733 bits per heavy atom. The first kappa shape index (κ1) is 98.8. The van der Waals surface area contributed by atoms with Gasteiger partial charge in [0.25, 0.3) is 0 Å². The molecule has 9 heteroatoms. The zero-order valence-corrected chi connectivity index (χ0v) is 68.8. The van der Waals surface area contributed by atoms with Crippen LogP contribution in [0.15, 0.2) is 24.3 Å². The molecule has 2 atom stereocenters. The Balaban J connectivity index is 3.88. The normalized spacial score (nSPS) is 12.6. The van der Waals surface area contributed by atoms with E-state index in [9.17, 15) is 19.5 Å². The minimum Gasteiger partial charge on any atom is -0.545 e. The molecule has 598 valence electrons. The average Bonchev–Trinajstić information content (AvgIpc) is 1.21. The quantitative estimate of drug-likeness (QED) is 0.0195. The van der Waals surface area contributed by atoms with Gasteiger partial charge in [0.05, 0.1) is 40.3 Å². The molecule has 0 aliphatic rings.